The van der Waals surface area contributed by atoms with E-state index in [1.807, 2.05) is 24.3 Å². The Morgan fingerprint density at radius 1 is 1.12 bits per heavy atom. The maximum atomic E-state index is 12.3. The van der Waals surface area contributed by atoms with Gasteiger partial charge in [0.1, 0.15) is 0 Å². The molecule has 26 heavy (non-hydrogen) atoms. The Hall–Kier alpha value is -2.44. The molecule has 0 heterocycles. The lowest BCUT2D eigenvalue weighted by Crippen LogP contribution is -2.22. The number of aryl methyl sites for hydroxylation is 1. The molecule has 0 saturated carbocycles. The van der Waals surface area contributed by atoms with Crippen molar-refractivity contribution in [2.45, 2.75) is 27.3 Å². The first kappa shape index (κ1) is 21.6. The smallest absolute Gasteiger partial charge is 0.272 e. The van der Waals surface area contributed by atoms with Gasteiger partial charge in [-0.3, -0.25) is 19.8 Å². The summed E-state index contributed by atoms with van der Waals surface area (Å²) >= 11 is 0. The fraction of sp³-hybridized carbons (Fsp3) is 0.316. The number of hydrogen-bond acceptors (Lipinski definition) is 4. The molecule has 2 aromatic carbocycles. The third kappa shape index (κ3) is 5.54. The van der Waals surface area contributed by atoms with Crippen molar-refractivity contribution in [3.63, 3.8) is 0 Å². The van der Waals surface area contributed by atoms with Gasteiger partial charge in [0.15, 0.2) is 0 Å². The Labute approximate surface area is 159 Å². The van der Waals surface area contributed by atoms with E-state index in [1.54, 1.807) is 6.92 Å². The van der Waals surface area contributed by atoms with Crippen molar-refractivity contribution in [2.24, 2.45) is 0 Å². The minimum absolute atomic E-state index is 0. The van der Waals surface area contributed by atoms with Crippen LogP contribution in [0.1, 0.15) is 35.3 Å². The Kier molecular flexibility index (Phi) is 8.22. The molecule has 0 aromatic heterocycles. The summed E-state index contributed by atoms with van der Waals surface area (Å²) in [6.45, 7) is 8.75. The topological polar surface area (TPSA) is 75.5 Å². The van der Waals surface area contributed by atoms with E-state index in [0.717, 1.165) is 19.6 Å². The van der Waals surface area contributed by atoms with E-state index in [1.165, 1.54) is 23.8 Å². The van der Waals surface area contributed by atoms with Crippen LogP contribution in [0.4, 0.5) is 11.4 Å². The summed E-state index contributed by atoms with van der Waals surface area (Å²) in [7, 11) is 0. The molecule has 140 valence electrons. The largest absolute Gasteiger partial charge is 0.322 e. The van der Waals surface area contributed by atoms with Crippen LogP contribution in [0.15, 0.2) is 42.5 Å². The molecule has 0 radical (unpaired) electrons. The lowest BCUT2D eigenvalue weighted by molar-refractivity contribution is -0.385. The van der Waals surface area contributed by atoms with Crippen molar-refractivity contribution in [1.82, 2.24) is 4.90 Å². The van der Waals surface area contributed by atoms with Crippen LogP contribution in [-0.4, -0.2) is 28.8 Å². The van der Waals surface area contributed by atoms with Gasteiger partial charge in [-0.05, 0) is 49.8 Å². The number of benzene rings is 2. The van der Waals surface area contributed by atoms with Gasteiger partial charge in [0.2, 0.25) is 0 Å². The van der Waals surface area contributed by atoms with Crippen molar-refractivity contribution in [3.05, 3.63) is 69.3 Å². The number of nitro groups is 1. The van der Waals surface area contributed by atoms with E-state index in [0.29, 0.717) is 16.8 Å². The van der Waals surface area contributed by atoms with E-state index in [4.69, 9.17) is 0 Å². The third-order valence-electron chi connectivity index (χ3n) is 4.17. The van der Waals surface area contributed by atoms with Crippen LogP contribution in [0.2, 0.25) is 0 Å². The van der Waals surface area contributed by atoms with E-state index < -0.39 is 4.92 Å². The summed E-state index contributed by atoms with van der Waals surface area (Å²) in [5.74, 6) is -0.283. The molecule has 0 atom stereocenters. The van der Waals surface area contributed by atoms with Gasteiger partial charge >= 0.3 is 0 Å². The molecular formula is C19H24ClN3O3. The second-order valence-electron chi connectivity index (χ2n) is 5.87. The third-order valence-corrected chi connectivity index (χ3v) is 4.17. The fourth-order valence-electron chi connectivity index (χ4n) is 2.60. The van der Waals surface area contributed by atoms with Crippen LogP contribution >= 0.6 is 12.4 Å². The van der Waals surface area contributed by atoms with Crippen LogP contribution in [0.5, 0.6) is 0 Å². The highest BCUT2D eigenvalue weighted by atomic mass is 35.5. The Bertz CT molecular complexity index is 759. The number of nitro benzene ring substituents is 1. The molecule has 0 aliphatic heterocycles. The van der Waals surface area contributed by atoms with Crippen molar-refractivity contribution in [1.29, 1.82) is 0 Å². The van der Waals surface area contributed by atoms with Gasteiger partial charge in [0.05, 0.1) is 4.92 Å². The molecule has 1 amide bonds. The minimum atomic E-state index is -0.453. The zero-order valence-corrected chi connectivity index (χ0v) is 16.0. The quantitative estimate of drug-likeness (QED) is 0.572. The maximum absolute atomic E-state index is 12.3. The van der Waals surface area contributed by atoms with Crippen molar-refractivity contribution in [3.8, 4) is 0 Å². The summed E-state index contributed by atoms with van der Waals surface area (Å²) in [4.78, 5) is 25.0. The second kappa shape index (κ2) is 9.89. The molecule has 6 nitrogen and oxygen atoms in total. The summed E-state index contributed by atoms with van der Waals surface area (Å²) in [5, 5.41) is 13.7. The number of anilines is 1. The molecule has 0 spiro atoms. The van der Waals surface area contributed by atoms with Gasteiger partial charge < -0.3 is 5.32 Å². The van der Waals surface area contributed by atoms with Crippen molar-refractivity contribution >= 4 is 29.7 Å². The van der Waals surface area contributed by atoms with Crippen LogP contribution in [0.25, 0.3) is 0 Å². The maximum Gasteiger partial charge on any atom is 0.272 e. The highest BCUT2D eigenvalue weighted by Gasteiger charge is 2.14. The number of carbonyl (C=O) groups excluding carboxylic acids is 1. The van der Waals surface area contributed by atoms with E-state index in [9.17, 15) is 14.9 Å². The number of nitrogens with zero attached hydrogens (tertiary/aromatic N) is 2. The van der Waals surface area contributed by atoms with Crippen LogP contribution in [0, 0.1) is 17.0 Å². The Morgan fingerprint density at radius 2 is 1.73 bits per heavy atom. The van der Waals surface area contributed by atoms with Gasteiger partial charge in [-0.2, -0.15) is 0 Å². The summed E-state index contributed by atoms with van der Waals surface area (Å²) in [6.07, 6.45) is 0. The zero-order chi connectivity index (χ0) is 18.4. The SMILES string of the molecule is CCN(CC)Cc1ccc(NC(=O)c2ccc([N+](=O)[O-])c(C)c2)cc1.Cl. The van der Waals surface area contributed by atoms with E-state index in [-0.39, 0.29) is 24.0 Å². The molecule has 0 aliphatic carbocycles. The fourth-order valence-corrected chi connectivity index (χ4v) is 2.60. The average Bonchev–Trinajstić information content (AvgIpc) is 2.60. The molecule has 0 bridgehead atoms. The van der Waals surface area contributed by atoms with Gasteiger partial charge in [-0.15, -0.1) is 12.4 Å². The first-order valence-corrected chi connectivity index (χ1v) is 8.32. The van der Waals surface area contributed by atoms with Crippen molar-refractivity contribution < 1.29 is 9.72 Å². The number of rotatable bonds is 7. The molecule has 0 unspecified atom stereocenters. The number of halogens is 1. The molecule has 7 heteroatoms. The lowest BCUT2D eigenvalue weighted by atomic mass is 10.1. The Balaban J connectivity index is 0.00000338. The van der Waals surface area contributed by atoms with E-state index >= 15 is 0 Å². The number of hydrogen-bond donors (Lipinski definition) is 1. The highest BCUT2D eigenvalue weighted by Crippen LogP contribution is 2.20. The Morgan fingerprint density at radius 3 is 2.23 bits per heavy atom. The number of nitrogens with one attached hydrogen (secondary N) is 1. The predicted molar refractivity (Wildman–Crippen MR) is 106 cm³/mol. The molecule has 0 saturated heterocycles. The van der Waals surface area contributed by atoms with Crippen LogP contribution in [0.3, 0.4) is 0 Å². The van der Waals surface area contributed by atoms with Crippen molar-refractivity contribution in [2.75, 3.05) is 18.4 Å². The first-order valence-electron chi connectivity index (χ1n) is 8.32. The summed E-state index contributed by atoms with van der Waals surface area (Å²) in [6, 6.07) is 12.1. The second-order valence-corrected chi connectivity index (χ2v) is 5.87. The monoisotopic (exact) mass is 377 g/mol. The zero-order valence-electron chi connectivity index (χ0n) is 15.2. The normalized spacial score (nSPS) is 10.3. The highest BCUT2D eigenvalue weighted by molar-refractivity contribution is 6.04. The molecule has 2 aromatic rings. The van der Waals surface area contributed by atoms with Gasteiger partial charge in [0, 0.05) is 29.4 Å². The molecule has 2 rings (SSSR count). The minimum Gasteiger partial charge on any atom is -0.322 e. The summed E-state index contributed by atoms with van der Waals surface area (Å²) in [5.41, 5.74) is 2.76. The molecule has 1 N–H and O–H groups in total. The van der Waals surface area contributed by atoms with Gasteiger partial charge in [-0.25, -0.2) is 0 Å². The van der Waals surface area contributed by atoms with Crippen LogP contribution in [-0.2, 0) is 6.54 Å². The standard InChI is InChI=1S/C19H23N3O3.ClH/c1-4-21(5-2)13-15-6-9-17(10-7-15)20-19(23)16-8-11-18(22(24)25)14(3)12-16;/h6-12H,4-5,13H2,1-3H3,(H,20,23);1H. The van der Waals surface area contributed by atoms with Gasteiger partial charge in [0.25, 0.3) is 11.6 Å². The van der Waals surface area contributed by atoms with Gasteiger partial charge in [-0.1, -0.05) is 26.0 Å². The summed E-state index contributed by atoms with van der Waals surface area (Å²) < 4.78 is 0. The first-order chi connectivity index (χ1) is 11.9. The predicted octanol–water partition coefficient (Wildman–Crippen LogP) is 4.42. The van der Waals surface area contributed by atoms with Crippen LogP contribution < -0.4 is 5.32 Å². The number of amides is 1. The molecule has 0 aliphatic rings. The molecule has 0 fully saturated rings. The average molecular weight is 378 g/mol. The lowest BCUT2D eigenvalue weighted by Gasteiger charge is -2.18. The van der Waals surface area contributed by atoms with E-state index in [2.05, 4.69) is 24.1 Å². The number of carbonyl (C=O) groups is 1. The molecular weight excluding hydrogens is 354 g/mol.